The highest BCUT2D eigenvalue weighted by atomic mass is 35.5. The Bertz CT molecular complexity index is 580. The second-order valence-electron chi connectivity index (χ2n) is 3.78. The summed E-state index contributed by atoms with van der Waals surface area (Å²) in [5.41, 5.74) is 5.63. The largest absolute Gasteiger partial charge is 0.457 e. The lowest BCUT2D eigenvalue weighted by Crippen LogP contribution is -2.04. The molecule has 1 aromatic heterocycles. The minimum atomic E-state index is -0.571. The van der Waals surface area contributed by atoms with E-state index in [0.717, 1.165) is 0 Å². The van der Waals surface area contributed by atoms with Crippen molar-refractivity contribution < 1.29 is 13.6 Å². The van der Waals surface area contributed by atoms with Crippen molar-refractivity contribution >= 4 is 17.4 Å². The molecule has 1 heterocycles. The van der Waals surface area contributed by atoms with Crippen molar-refractivity contribution in [2.75, 3.05) is 0 Å². The van der Waals surface area contributed by atoms with Crippen LogP contribution in [0, 0.1) is 5.82 Å². The van der Waals surface area contributed by atoms with Gasteiger partial charge >= 0.3 is 0 Å². The molecule has 0 saturated carbocycles. The monoisotopic (exact) mass is 267 g/mol. The van der Waals surface area contributed by atoms with Crippen LogP contribution >= 0.6 is 11.6 Å². The van der Waals surface area contributed by atoms with Gasteiger partial charge in [-0.1, -0.05) is 23.7 Å². The maximum atomic E-state index is 13.6. The summed E-state index contributed by atoms with van der Waals surface area (Å²) < 4.78 is 18.8. The third kappa shape index (κ3) is 2.60. The molecular weight excluding hydrogens is 257 g/mol. The Balaban J connectivity index is 2.18. The zero-order chi connectivity index (χ0) is 13.1. The highest BCUT2D eigenvalue weighted by molar-refractivity contribution is 6.30. The molecule has 0 bridgehead atoms. The number of ketones is 1. The summed E-state index contributed by atoms with van der Waals surface area (Å²) in [6.45, 7) is 0.221. The average molecular weight is 268 g/mol. The van der Waals surface area contributed by atoms with Crippen molar-refractivity contribution in [1.29, 1.82) is 0 Å². The molecule has 0 radical (unpaired) electrons. The Hall–Kier alpha value is -1.65. The molecule has 0 atom stereocenters. The van der Waals surface area contributed by atoms with Gasteiger partial charge in [0, 0.05) is 6.42 Å². The molecule has 0 fully saturated rings. The fourth-order valence-corrected chi connectivity index (χ4v) is 1.78. The van der Waals surface area contributed by atoms with Crippen molar-refractivity contribution in [2.45, 2.75) is 13.0 Å². The first kappa shape index (κ1) is 12.8. The van der Waals surface area contributed by atoms with Crippen LogP contribution in [0.4, 0.5) is 4.39 Å². The summed E-state index contributed by atoms with van der Waals surface area (Å²) in [7, 11) is 0. The van der Waals surface area contributed by atoms with Gasteiger partial charge in [-0.3, -0.25) is 4.79 Å². The SMILES string of the molecule is NCc1ccc(C(=O)Cc2cccc(Cl)c2F)o1. The van der Waals surface area contributed by atoms with Gasteiger partial charge in [-0.15, -0.1) is 0 Å². The van der Waals surface area contributed by atoms with Crippen LogP contribution in [0.1, 0.15) is 21.9 Å². The summed E-state index contributed by atoms with van der Waals surface area (Å²) in [4.78, 5) is 11.9. The number of Topliss-reactive ketones (excluding diaryl/α,β-unsaturated/α-hetero) is 1. The molecule has 2 N–H and O–H groups in total. The number of carbonyl (C=O) groups is 1. The highest BCUT2D eigenvalue weighted by Gasteiger charge is 2.15. The first-order valence-electron chi connectivity index (χ1n) is 5.36. The van der Waals surface area contributed by atoms with Gasteiger partial charge in [0.1, 0.15) is 11.6 Å². The summed E-state index contributed by atoms with van der Waals surface area (Å²) in [6.07, 6.45) is -0.0933. The van der Waals surface area contributed by atoms with Crippen molar-refractivity contribution in [1.82, 2.24) is 0 Å². The number of hydrogen-bond donors (Lipinski definition) is 1. The normalized spacial score (nSPS) is 10.6. The maximum Gasteiger partial charge on any atom is 0.202 e. The number of carbonyl (C=O) groups excluding carboxylic acids is 1. The molecule has 0 unspecified atom stereocenters. The van der Waals surface area contributed by atoms with Gasteiger partial charge in [-0.05, 0) is 23.8 Å². The molecule has 94 valence electrons. The van der Waals surface area contributed by atoms with Crippen LogP contribution in [-0.2, 0) is 13.0 Å². The maximum absolute atomic E-state index is 13.6. The van der Waals surface area contributed by atoms with Crippen LogP contribution < -0.4 is 5.73 Å². The van der Waals surface area contributed by atoms with E-state index in [2.05, 4.69) is 0 Å². The van der Waals surface area contributed by atoms with Gasteiger partial charge in [0.15, 0.2) is 5.76 Å². The van der Waals surface area contributed by atoms with Crippen LogP contribution in [0.5, 0.6) is 0 Å². The fraction of sp³-hybridized carbons (Fsp3) is 0.154. The van der Waals surface area contributed by atoms with Crippen molar-refractivity contribution in [3.8, 4) is 0 Å². The summed E-state index contributed by atoms with van der Waals surface area (Å²) in [5, 5.41) is 0.00221. The van der Waals surface area contributed by atoms with E-state index in [1.165, 1.54) is 18.2 Å². The molecule has 5 heteroatoms. The third-order valence-electron chi connectivity index (χ3n) is 2.52. The topological polar surface area (TPSA) is 56.2 Å². The van der Waals surface area contributed by atoms with Crippen molar-refractivity contribution in [2.24, 2.45) is 5.73 Å². The number of rotatable bonds is 4. The number of hydrogen-bond acceptors (Lipinski definition) is 3. The molecule has 1 aromatic carbocycles. The summed E-state index contributed by atoms with van der Waals surface area (Å²) >= 11 is 5.64. The predicted molar refractivity (Wildman–Crippen MR) is 66.0 cm³/mol. The van der Waals surface area contributed by atoms with Crippen LogP contribution in [0.2, 0.25) is 5.02 Å². The molecule has 0 aliphatic rings. The molecule has 3 nitrogen and oxygen atoms in total. The zero-order valence-corrected chi connectivity index (χ0v) is 10.2. The number of furan rings is 1. The first-order chi connectivity index (χ1) is 8.61. The summed E-state index contributed by atoms with van der Waals surface area (Å²) in [6, 6.07) is 7.71. The molecule has 0 spiro atoms. The molecular formula is C13H11ClFNO2. The highest BCUT2D eigenvalue weighted by Crippen LogP contribution is 2.20. The Kier molecular flexibility index (Phi) is 3.79. The van der Waals surface area contributed by atoms with E-state index in [9.17, 15) is 9.18 Å². The lowest BCUT2D eigenvalue weighted by atomic mass is 10.1. The molecule has 0 aliphatic carbocycles. The van der Waals surface area contributed by atoms with Gasteiger partial charge in [-0.2, -0.15) is 0 Å². The van der Waals surface area contributed by atoms with Gasteiger partial charge in [-0.25, -0.2) is 4.39 Å². The Morgan fingerprint density at radius 1 is 1.33 bits per heavy atom. The lowest BCUT2D eigenvalue weighted by Gasteiger charge is -2.02. The zero-order valence-electron chi connectivity index (χ0n) is 9.45. The quantitative estimate of drug-likeness (QED) is 0.867. The Morgan fingerprint density at radius 2 is 2.11 bits per heavy atom. The standard InChI is InChI=1S/C13H11ClFNO2/c14-10-3-1-2-8(13(10)15)6-11(17)12-5-4-9(7-16)18-12/h1-5H,6-7,16H2. The second-order valence-corrected chi connectivity index (χ2v) is 4.19. The number of benzene rings is 1. The molecule has 0 aliphatic heterocycles. The van der Waals surface area contributed by atoms with E-state index in [1.807, 2.05) is 0 Å². The third-order valence-corrected chi connectivity index (χ3v) is 2.81. The van der Waals surface area contributed by atoms with Crippen molar-refractivity contribution in [3.63, 3.8) is 0 Å². The van der Waals surface area contributed by atoms with Crippen LogP contribution in [-0.4, -0.2) is 5.78 Å². The van der Waals surface area contributed by atoms with Crippen LogP contribution in [0.15, 0.2) is 34.7 Å². The van der Waals surface area contributed by atoms with E-state index >= 15 is 0 Å². The van der Waals surface area contributed by atoms with E-state index in [-0.39, 0.29) is 35.1 Å². The van der Waals surface area contributed by atoms with E-state index in [4.69, 9.17) is 21.8 Å². The second kappa shape index (κ2) is 5.33. The molecule has 2 rings (SSSR count). The molecule has 0 saturated heterocycles. The number of halogens is 2. The number of nitrogens with two attached hydrogens (primary N) is 1. The van der Waals surface area contributed by atoms with Crippen LogP contribution in [0.25, 0.3) is 0 Å². The Labute approximate surface area is 108 Å². The Morgan fingerprint density at radius 3 is 2.78 bits per heavy atom. The minimum absolute atomic E-state index is 0.00221. The first-order valence-corrected chi connectivity index (χ1v) is 5.74. The lowest BCUT2D eigenvalue weighted by molar-refractivity contribution is 0.0963. The minimum Gasteiger partial charge on any atom is -0.457 e. The van der Waals surface area contributed by atoms with Gasteiger partial charge < -0.3 is 10.2 Å². The van der Waals surface area contributed by atoms with E-state index in [1.54, 1.807) is 12.1 Å². The van der Waals surface area contributed by atoms with Crippen molar-refractivity contribution in [3.05, 3.63) is 58.3 Å². The van der Waals surface area contributed by atoms with Gasteiger partial charge in [0.25, 0.3) is 0 Å². The van der Waals surface area contributed by atoms with Gasteiger partial charge in [0.2, 0.25) is 5.78 Å². The van der Waals surface area contributed by atoms with Crippen LogP contribution in [0.3, 0.4) is 0 Å². The predicted octanol–water partition coefficient (Wildman–Crippen LogP) is 2.96. The van der Waals surface area contributed by atoms with E-state index in [0.29, 0.717) is 5.76 Å². The summed E-state index contributed by atoms with van der Waals surface area (Å²) in [5.74, 6) is -0.186. The van der Waals surface area contributed by atoms with E-state index < -0.39 is 5.82 Å². The smallest absolute Gasteiger partial charge is 0.202 e. The molecule has 2 aromatic rings. The average Bonchev–Trinajstić information content (AvgIpc) is 2.83. The molecule has 0 amide bonds. The van der Waals surface area contributed by atoms with Gasteiger partial charge in [0.05, 0.1) is 11.6 Å². The fourth-order valence-electron chi connectivity index (χ4n) is 1.58. The molecule has 18 heavy (non-hydrogen) atoms.